The maximum atomic E-state index is 12.7. The van der Waals surface area contributed by atoms with E-state index >= 15 is 0 Å². The summed E-state index contributed by atoms with van der Waals surface area (Å²) in [5, 5.41) is 28.5. The van der Waals surface area contributed by atoms with Crippen LogP contribution in [0.4, 0.5) is 0 Å². The van der Waals surface area contributed by atoms with E-state index in [1.807, 2.05) is 13.8 Å². The summed E-state index contributed by atoms with van der Waals surface area (Å²) in [4.78, 5) is 25.4. The molecule has 0 aliphatic carbocycles. The molecule has 0 saturated carbocycles. The van der Waals surface area contributed by atoms with Crippen molar-refractivity contribution in [3.8, 4) is 11.5 Å². The third-order valence-electron chi connectivity index (χ3n) is 4.09. The van der Waals surface area contributed by atoms with Crippen LogP contribution in [-0.4, -0.2) is 39.2 Å². The van der Waals surface area contributed by atoms with Crippen molar-refractivity contribution in [3.63, 3.8) is 0 Å². The van der Waals surface area contributed by atoms with E-state index in [1.165, 1.54) is 23.1 Å². The number of carbonyl (C=O) groups is 2. The van der Waals surface area contributed by atoms with Crippen molar-refractivity contribution in [1.82, 2.24) is 10.4 Å². The van der Waals surface area contributed by atoms with Crippen molar-refractivity contribution >= 4 is 11.8 Å². The maximum absolute atomic E-state index is 12.7. The van der Waals surface area contributed by atoms with Crippen molar-refractivity contribution in [3.05, 3.63) is 58.7 Å². The van der Waals surface area contributed by atoms with Gasteiger partial charge in [-0.3, -0.25) is 14.8 Å². The summed E-state index contributed by atoms with van der Waals surface area (Å²) < 4.78 is 0. The molecule has 0 saturated heterocycles. The van der Waals surface area contributed by atoms with Crippen molar-refractivity contribution in [1.29, 1.82) is 0 Å². The van der Waals surface area contributed by atoms with Crippen molar-refractivity contribution in [2.24, 2.45) is 0 Å². The third kappa shape index (κ3) is 4.12. The van der Waals surface area contributed by atoms with E-state index in [0.29, 0.717) is 0 Å². The molecule has 2 aromatic rings. The molecule has 0 aliphatic rings. The van der Waals surface area contributed by atoms with Gasteiger partial charge in [-0.25, -0.2) is 5.48 Å². The Bertz CT molecular complexity index is 815. The number of phenolic OH excluding ortho intramolecular Hbond substituents is 2. The Hall–Kier alpha value is -3.06. The van der Waals surface area contributed by atoms with E-state index in [1.54, 1.807) is 30.7 Å². The summed E-state index contributed by atoms with van der Waals surface area (Å²) in [5.74, 6) is -1.73. The number of amides is 2. The monoisotopic (exact) mass is 358 g/mol. The van der Waals surface area contributed by atoms with Gasteiger partial charge in [0, 0.05) is 19.2 Å². The smallest absolute Gasteiger partial charge is 0.274 e. The van der Waals surface area contributed by atoms with Crippen LogP contribution in [0.5, 0.6) is 11.5 Å². The molecule has 2 aromatic carbocycles. The highest BCUT2D eigenvalue weighted by Gasteiger charge is 2.20. The minimum absolute atomic E-state index is 0.0347. The summed E-state index contributed by atoms with van der Waals surface area (Å²) in [6.07, 6.45) is 0. The predicted molar refractivity (Wildman–Crippen MR) is 95.4 cm³/mol. The first-order valence-electron chi connectivity index (χ1n) is 8.09. The van der Waals surface area contributed by atoms with Gasteiger partial charge < -0.3 is 15.1 Å². The van der Waals surface area contributed by atoms with Crippen LogP contribution in [-0.2, 0) is 6.54 Å². The second kappa shape index (κ2) is 7.88. The van der Waals surface area contributed by atoms with Gasteiger partial charge >= 0.3 is 0 Å². The number of hydroxylamine groups is 1. The van der Waals surface area contributed by atoms with Gasteiger partial charge in [-0.15, -0.1) is 0 Å². The summed E-state index contributed by atoms with van der Waals surface area (Å²) >= 11 is 0. The van der Waals surface area contributed by atoms with Gasteiger partial charge in [0.15, 0.2) is 11.5 Å². The zero-order chi connectivity index (χ0) is 19.4. The topological polar surface area (TPSA) is 110 Å². The molecule has 0 heterocycles. The zero-order valence-corrected chi connectivity index (χ0v) is 14.9. The average molecular weight is 358 g/mol. The lowest BCUT2D eigenvalue weighted by atomic mass is 9.99. The van der Waals surface area contributed by atoms with Crippen LogP contribution in [0.15, 0.2) is 36.4 Å². The van der Waals surface area contributed by atoms with Gasteiger partial charge in [0.2, 0.25) is 0 Å². The molecule has 0 aliphatic heterocycles. The van der Waals surface area contributed by atoms with Crippen molar-refractivity contribution < 1.29 is 25.0 Å². The average Bonchev–Trinajstić information content (AvgIpc) is 2.63. The fourth-order valence-corrected chi connectivity index (χ4v) is 2.51. The number of phenols is 2. The second-order valence-electron chi connectivity index (χ2n) is 6.39. The maximum Gasteiger partial charge on any atom is 0.274 e. The van der Waals surface area contributed by atoms with Crippen LogP contribution in [0.25, 0.3) is 0 Å². The van der Waals surface area contributed by atoms with Gasteiger partial charge in [0.25, 0.3) is 11.8 Å². The highest BCUT2D eigenvalue weighted by atomic mass is 16.5. The lowest BCUT2D eigenvalue weighted by molar-refractivity contribution is 0.0705. The molecule has 2 amide bonds. The van der Waals surface area contributed by atoms with Gasteiger partial charge in [-0.1, -0.05) is 26.0 Å². The number of carbonyl (C=O) groups excluding carboxylic acids is 2. The molecule has 138 valence electrons. The largest absolute Gasteiger partial charge is 0.504 e. The third-order valence-corrected chi connectivity index (χ3v) is 4.09. The molecule has 0 unspecified atom stereocenters. The van der Waals surface area contributed by atoms with E-state index < -0.39 is 17.6 Å². The number of nitrogens with zero attached hydrogens (tertiary/aromatic N) is 1. The molecule has 0 fully saturated rings. The van der Waals surface area contributed by atoms with E-state index in [2.05, 4.69) is 0 Å². The second-order valence-corrected chi connectivity index (χ2v) is 6.39. The molecule has 7 heteroatoms. The van der Waals surface area contributed by atoms with Crippen molar-refractivity contribution in [2.45, 2.75) is 26.3 Å². The van der Waals surface area contributed by atoms with Gasteiger partial charge in [-0.2, -0.15) is 0 Å². The first-order chi connectivity index (χ1) is 12.2. The lowest BCUT2D eigenvalue weighted by Crippen LogP contribution is -2.26. The van der Waals surface area contributed by atoms with Crippen LogP contribution < -0.4 is 5.48 Å². The standard InChI is InChI=1S/C19H22N2O5/c1-11(2)14-8-15(17(23)16(22)9-14)19(25)21(3)10-12-4-6-13(7-5-12)18(24)20-26/h4-9,11,22-23,26H,10H2,1-3H3,(H,20,24). The molecule has 0 radical (unpaired) electrons. The first-order valence-corrected chi connectivity index (χ1v) is 8.09. The Labute approximate surface area is 151 Å². The molecule has 7 nitrogen and oxygen atoms in total. The SMILES string of the molecule is CC(C)c1cc(O)c(O)c(C(=O)N(C)Cc2ccc(C(=O)NO)cc2)c1. The minimum atomic E-state index is -0.619. The first kappa shape index (κ1) is 19.3. The molecule has 26 heavy (non-hydrogen) atoms. The summed E-state index contributed by atoms with van der Waals surface area (Å²) in [6.45, 7) is 4.09. The van der Waals surface area contributed by atoms with Crippen LogP contribution in [0.2, 0.25) is 0 Å². The van der Waals surface area contributed by atoms with E-state index in [-0.39, 0.29) is 29.3 Å². The number of aromatic hydroxyl groups is 2. The van der Waals surface area contributed by atoms with Gasteiger partial charge in [0.1, 0.15) is 0 Å². The number of hydrogen-bond acceptors (Lipinski definition) is 5. The Morgan fingerprint density at radius 3 is 2.27 bits per heavy atom. The van der Waals surface area contributed by atoms with Crippen LogP contribution >= 0.6 is 0 Å². The summed E-state index contributed by atoms with van der Waals surface area (Å²) in [7, 11) is 1.58. The van der Waals surface area contributed by atoms with Crippen LogP contribution in [0, 0.1) is 0 Å². The summed E-state index contributed by atoms with van der Waals surface area (Å²) in [6, 6.07) is 9.41. The van der Waals surface area contributed by atoms with E-state index in [9.17, 15) is 19.8 Å². The lowest BCUT2D eigenvalue weighted by Gasteiger charge is -2.19. The summed E-state index contributed by atoms with van der Waals surface area (Å²) in [5.41, 5.74) is 3.39. The van der Waals surface area contributed by atoms with Crippen molar-refractivity contribution in [2.75, 3.05) is 7.05 Å². The molecule has 4 N–H and O–H groups in total. The molecule has 0 aromatic heterocycles. The van der Waals surface area contributed by atoms with Gasteiger partial charge in [-0.05, 0) is 41.3 Å². The molecular formula is C19H22N2O5. The number of benzene rings is 2. The molecule has 0 atom stereocenters. The Balaban J connectivity index is 2.21. The molecule has 0 bridgehead atoms. The fraction of sp³-hybridized carbons (Fsp3) is 0.263. The highest BCUT2D eigenvalue weighted by Crippen LogP contribution is 2.33. The quantitative estimate of drug-likeness (QED) is 0.373. The van der Waals surface area contributed by atoms with E-state index in [0.717, 1.165) is 11.1 Å². The number of nitrogens with one attached hydrogen (secondary N) is 1. The fourth-order valence-electron chi connectivity index (χ4n) is 2.51. The Kier molecular flexibility index (Phi) is 5.84. The van der Waals surface area contributed by atoms with Gasteiger partial charge in [0.05, 0.1) is 5.56 Å². The highest BCUT2D eigenvalue weighted by molar-refractivity contribution is 5.97. The van der Waals surface area contributed by atoms with Crippen LogP contribution in [0.3, 0.4) is 0 Å². The van der Waals surface area contributed by atoms with Crippen LogP contribution in [0.1, 0.15) is 51.6 Å². The Morgan fingerprint density at radius 1 is 1.12 bits per heavy atom. The zero-order valence-electron chi connectivity index (χ0n) is 14.9. The minimum Gasteiger partial charge on any atom is -0.504 e. The molecule has 2 rings (SSSR count). The molecular weight excluding hydrogens is 336 g/mol. The Morgan fingerprint density at radius 2 is 1.73 bits per heavy atom. The predicted octanol–water partition coefficient (Wildman–Crippen LogP) is 2.61. The number of rotatable bonds is 5. The molecule has 0 spiro atoms. The normalized spacial score (nSPS) is 10.7. The van der Waals surface area contributed by atoms with E-state index in [4.69, 9.17) is 5.21 Å². The number of hydrogen-bond donors (Lipinski definition) is 4.